The summed E-state index contributed by atoms with van der Waals surface area (Å²) in [6, 6.07) is 3.70. The van der Waals surface area contributed by atoms with Gasteiger partial charge in [0.1, 0.15) is 5.82 Å². The Morgan fingerprint density at radius 2 is 2.00 bits per heavy atom. The minimum atomic E-state index is 0.138. The fourth-order valence-corrected chi connectivity index (χ4v) is 6.34. The Morgan fingerprint density at radius 3 is 2.68 bits per heavy atom. The maximum atomic E-state index is 9.25. The number of imidazole rings is 1. The van der Waals surface area contributed by atoms with E-state index >= 15 is 0 Å². The lowest BCUT2D eigenvalue weighted by atomic mass is 9.77. The number of nitriles is 1. The molecule has 5 heterocycles. The van der Waals surface area contributed by atoms with Crippen molar-refractivity contribution in [2.75, 3.05) is 32.8 Å². The van der Waals surface area contributed by atoms with Gasteiger partial charge in [-0.1, -0.05) is 6.92 Å². The van der Waals surface area contributed by atoms with Crippen LogP contribution in [0.5, 0.6) is 0 Å². The predicted octanol–water partition coefficient (Wildman–Crippen LogP) is 3.43. The van der Waals surface area contributed by atoms with Crippen molar-refractivity contribution in [3.8, 4) is 6.07 Å². The maximum absolute atomic E-state index is 9.25. The molecular formula is C25H39N5O. The summed E-state index contributed by atoms with van der Waals surface area (Å²) in [5, 5.41) is 9.25. The first-order chi connectivity index (χ1) is 15.0. The molecule has 4 aliphatic rings. The van der Waals surface area contributed by atoms with Gasteiger partial charge in [0, 0.05) is 37.7 Å². The molecule has 1 aromatic heterocycles. The highest BCUT2D eigenvalue weighted by atomic mass is 16.5. The molecule has 0 aromatic carbocycles. The first-order valence-electron chi connectivity index (χ1n) is 12.5. The van der Waals surface area contributed by atoms with Crippen LogP contribution in [0.15, 0.2) is 6.20 Å². The van der Waals surface area contributed by atoms with E-state index in [0.717, 1.165) is 38.2 Å². The number of ether oxygens (including phenoxy) is 1. The van der Waals surface area contributed by atoms with E-state index < -0.39 is 0 Å². The number of piperidine rings is 1. The minimum Gasteiger partial charge on any atom is -0.375 e. The summed E-state index contributed by atoms with van der Waals surface area (Å²) in [6.45, 7) is 13.7. The highest BCUT2D eigenvalue weighted by Gasteiger charge is 2.47. The topological polar surface area (TPSA) is 57.3 Å². The fourth-order valence-electron chi connectivity index (χ4n) is 6.34. The first kappa shape index (κ1) is 21.4. The van der Waals surface area contributed by atoms with Gasteiger partial charge in [0.15, 0.2) is 0 Å². The van der Waals surface area contributed by atoms with Crippen molar-refractivity contribution in [2.24, 2.45) is 11.3 Å². The zero-order valence-electron chi connectivity index (χ0n) is 19.6. The zero-order valence-corrected chi connectivity index (χ0v) is 19.6. The largest absolute Gasteiger partial charge is 0.375 e. The molecule has 0 N–H and O–H groups in total. The van der Waals surface area contributed by atoms with Gasteiger partial charge in [0.2, 0.25) is 0 Å². The van der Waals surface area contributed by atoms with E-state index in [1.807, 2.05) is 0 Å². The van der Waals surface area contributed by atoms with E-state index in [1.165, 1.54) is 51.1 Å². The van der Waals surface area contributed by atoms with E-state index in [0.29, 0.717) is 29.5 Å². The molecule has 170 valence electrons. The fraction of sp³-hybridized carbons (Fsp3) is 0.840. The van der Waals surface area contributed by atoms with E-state index in [9.17, 15) is 5.26 Å². The number of aryl methyl sites for hydroxylation is 1. The number of nitrogens with zero attached hydrogens (tertiary/aromatic N) is 5. The molecule has 6 heteroatoms. The van der Waals surface area contributed by atoms with Crippen LogP contribution in [-0.2, 0) is 17.7 Å². The second-order valence-electron chi connectivity index (χ2n) is 11.0. The highest BCUT2D eigenvalue weighted by molar-refractivity contribution is 5.13. The molecule has 5 rings (SSSR count). The van der Waals surface area contributed by atoms with Gasteiger partial charge >= 0.3 is 0 Å². The van der Waals surface area contributed by atoms with Gasteiger partial charge in [-0.25, -0.2) is 4.98 Å². The van der Waals surface area contributed by atoms with Crippen LogP contribution in [0.25, 0.3) is 0 Å². The lowest BCUT2D eigenvalue weighted by molar-refractivity contribution is -0.136. The number of hydrogen-bond acceptors (Lipinski definition) is 5. The third-order valence-corrected chi connectivity index (χ3v) is 8.72. The Kier molecular flexibility index (Phi) is 5.87. The van der Waals surface area contributed by atoms with Crippen LogP contribution in [-0.4, -0.2) is 70.3 Å². The summed E-state index contributed by atoms with van der Waals surface area (Å²) in [6.07, 6.45) is 9.55. The summed E-state index contributed by atoms with van der Waals surface area (Å²) < 4.78 is 8.30. The van der Waals surface area contributed by atoms with E-state index in [4.69, 9.17) is 9.72 Å². The van der Waals surface area contributed by atoms with Gasteiger partial charge in [-0.05, 0) is 71.0 Å². The van der Waals surface area contributed by atoms with Crippen LogP contribution in [0.2, 0.25) is 0 Å². The molecule has 1 spiro atoms. The first-order valence-corrected chi connectivity index (χ1v) is 12.5. The van der Waals surface area contributed by atoms with Gasteiger partial charge in [-0.15, -0.1) is 0 Å². The van der Waals surface area contributed by atoms with Crippen LogP contribution in [0.1, 0.15) is 70.3 Å². The van der Waals surface area contributed by atoms with Gasteiger partial charge in [0.05, 0.1) is 36.4 Å². The normalized spacial score (nSPS) is 32.0. The summed E-state index contributed by atoms with van der Waals surface area (Å²) in [5.41, 5.74) is 1.74. The lowest BCUT2D eigenvalue weighted by Crippen LogP contribution is -2.56. The Bertz CT molecular complexity index is 818. The summed E-state index contributed by atoms with van der Waals surface area (Å²) in [5.74, 6) is 1.70. The van der Waals surface area contributed by atoms with Gasteiger partial charge in [0.25, 0.3) is 0 Å². The molecule has 1 aromatic rings. The van der Waals surface area contributed by atoms with Crippen molar-refractivity contribution in [2.45, 2.75) is 89.9 Å². The van der Waals surface area contributed by atoms with Crippen molar-refractivity contribution < 1.29 is 4.74 Å². The van der Waals surface area contributed by atoms with Crippen molar-refractivity contribution in [1.29, 1.82) is 5.26 Å². The monoisotopic (exact) mass is 425 g/mol. The second-order valence-corrected chi connectivity index (χ2v) is 11.0. The summed E-state index contributed by atoms with van der Waals surface area (Å²) in [4.78, 5) is 10.3. The van der Waals surface area contributed by atoms with Gasteiger partial charge in [-0.2, -0.15) is 5.26 Å². The Hall–Kier alpha value is -1.42. The molecule has 31 heavy (non-hydrogen) atoms. The number of aromatic nitrogens is 2. The Morgan fingerprint density at radius 1 is 1.23 bits per heavy atom. The molecule has 3 saturated heterocycles. The molecule has 6 nitrogen and oxygen atoms in total. The van der Waals surface area contributed by atoms with E-state index in [1.54, 1.807) is 0 Å². The highest BCUT2D eigenvalue weighted by Crippen LogP contribution is 2.43. The molecule has 0 amide bonds. The van der Waals surface area contributed by atoms with Crippen LogP contribution in [0.4, 0.5) is 0 Å². The SMILES string of the molecule is CC(CC1OCC1N1CCC2(CCN(C(C)C)CC2)C1)c1cn2c(n1)CCC(C#N)C2. The quantitative estimate of drug-likeness (QED) is 0.723. The molecule has 3 fully saturated rings. The standard InChI is InChI=1S/C25H39N5O/c1-18(2)28-9-6-25(7-10-28)8-11-29(17-25)22-16-31-23(22)12-19(3)21-15-30-14-20(13-26)4-5-24(30)27-21/h15,18-20,22-23H,4-12,14,16-17H2,1-3H3. The van der Waals surface area contributed by atoms with Crippen LogP contribution >= 0.6 is 0 Å². The third kappa shape index (κ3) is 4.17. The molecule has 4 atom stereocenters. The summed E-state index contributed by atoms with van der Waals surface area (Å²) in [7, 11) is 0. The van der Waals surface area contributed by atoms with E-state index in [-0.39, 0.29) is 5.92 Å². The molecule has 0 aliphatic carbocycles. The molecular weight excluding hydrogens is 386 g/mol. The lowest BCUT2D eigenvalue weighted by Gasteiger charge is -2.45. The minimum absolute atomic E-state index is 0.138. The average Bonchev–Trinajstić information content (AvgIpc) is 3.35. The second kappa shape index (κ2) is 8.50. The van der Waals surface area contributed by atoms with E-state index in [2.05, 4.69) is 47.4 Å². The molecule has 0 bridgehead atoms. The molecule has 4 aliphatic heterocycles. The van der Waals surface area contributed by atoms with Gasteiger partial charge < -0.3 is 14.2 Å². The van der Waals surface area contributed by atoms with Gasteiger partial charge in [-0.3, -0.25) is 4.90 Å². The molecule has 0 saturated carbocycles. The maximum Gasteiger partial charge on any atom is 0.109 e. The smallest absolute Gasteiger partial charge is 0.109 e. The van der Waals surface area contributed by atoms with Crippen molar-refractivity contribution in [3.05, 3.63) is 17.7 Å². The Balaban J connectivity index is 1.16. The number of hydrogen-bond donors (Lipinski definition) is 0. The summed E-state index contributed by atoms with van der Waals surface area (Å²) >= 11 is 0. The zero-order chi connectivity index (χ0) is 21.6. The molecule has 0 radical (unpaired) electrons. The Labute approximate surface area is 187 Å². The molecule has 4 unspecified atom stereocenters. The van der Waals surface area contributed by atoms with Crippen molar-refractivity contribution in [3.63, 3.8) is 0 Å². The van der Waals surface area contributed by atoms with Crippen LogP contribution in [0.3, 0.4) is 0 Å². The third-order valence-electron chi connectivity index (χ3n) is 8.72. The van der Waals surface area contributed by atoms with Crippen molar-refractivity contribution >= 4 is 0 Å². The number of likely N-dealkylation sites (tertiary alicyclic amines) is 2. The van der Waals surface area contributed by atoms with Crippen molar-refractivity contribution in [1.82, 2.24) is 19.4 Å². The van der Waals surface area contributed by atoms with Crippen LogP contribution < -0.4 is 0 Å². The number of rotatable bonds is 5. The predicted molar refractivity (Wildman–Crippen MR) is 121 cm³/mol. The van der Waals surface area contributed by atoms with Crippen LogP contribution in [0, 0.1) is 22.7 Å². The number of fused-ring (bicyclic) bond motifs is 1. The average molecular weight is 426 g/mol.